The molecule has 0 aromatic carbocycles. The van der Waals surface area contributed by atoms with E-state index >= 15 is 0 Å². The summed E-state index contributed by atoms with van der Waals surface area (Å²) in [5.41, 5.74) is 3.86. The van der Waals surface area contributed by atoms with Crippen LogP contribution in [0.2, 0.25) is 0 Å². The number of hydrogen-bond donors (Lipinski definition) is 3. The zero-order chi connectivity index (χ0) is 49.2. The maximum absolute atomic E-state index is 13.6. The Morgan fingerprint density at radius 1 is 0.986 bits per heavy atom. The van der Waals surface area contributed by atoms with Crippen molar-refractivity contribution in [3.05, 3.63) is 107 Å². The fourth-order valence-electron chi connectivity index (χ4n) is 10.4. The summed E-state index contributed by atoms with van der Waals surface area (Å²) in [7, 11) is 3.22. The third-order valence-corrected chi connectivity index (χ3v) is 14.2. The van der Waals surface area contributed by atoms with E-state index in [0.717, 1.165) is 16.7 Å². The van der Waals surface area contributed by atoms with E-state index in [9.17, 15) is 20.1 Å². The van der Waals surface area contributed by atoms with Gasteiger partial charge in [0.25, 0.3) is 0 Å². The summed E-state index contributed by atoms with van der Waals surface area (Å²) < 4.78 is 55.2. The highest BCUT2D eigenvalue weighted by Crippen LogP contribution is 2.40. The molecule has 2 aromatic heterocycles. The molecule has 4 saturated heterocycles. The van der Waals surface area contributed by atoms with Gasteiger partial charge in [-0.25, -0.2) is 14.8 Å². The van der Waals surface area contributed by atoms with Crippen molar-refractivity contribution in [2.24, 2.45) is 11.8 Å². The number of halogens is 1. The number of methoxy groups -OCH3 is 2. The predicted molar refractivity (Wildman–Crippen MR) is 261 cm³/mol. The van der Waals surface area contributed by atoms with Gasteiger partial charge in [0.1, 0.15) is 36.1 Å². The molecule has 16 heteroatoms. The molecule has 0 saturated carbocycles. The van der Waals surface area contributed by atoms with Crippen LogP contribution < -0.4 is 0 Å². The number of hydrogen-bond acceptors (Lipinski definition) is 15. The minimum atomic E-state index is -1.73. The fraction of sp³-hybridized carbons (Fsp3) is 0.604. The van der Waals surface area contributed by atoms with Gasteiger partial charge in [0, 0.05) is 57.8 Å². The van der Waals surface area contributed by atoms with E-state index in [1.54, 1.807) is 37.6 Å². The van der Waals surface area contributed by atoms with Gasteiger partial charge in [-0.1, -0.05) is 84.0 Å². The number of aromatic nitrogens is 2. The van der Waals surface area contributed by atoms with Gasteiger partial charge in [0.15, 0.2) is 11.7 Å². The van der Waals surface area contributed by atoms with E-state index < -0.39 is 48.4 Å². The molecule has 0 spiro atoms. The average molecular weight is 1020 g/mol. The smallest absolute Gasteiger partial charge is 0.330 e. The van der Waals surface area contributed by atoms with E-state index in [4.69, 9.17) is 52.0 Å². The second-order valence-corrected chi connectivity index (χ2v) is 20.0. The van der Waals surface area contributed by atoms with Crippen LogP contribution in [0.25, 0.3) is 12.2 Å². The third kappa shape index (κ3) is 14.6. The molecule has 7 heterocycles. The van der Waals surface area contributed by atoms with Crippen molar-refractivity contribution in [1.29, 1.82) is 0 Å². The lowest BCUT2D eigenvalue weighted by Crippen LogP contribution is -2.51. The van der Waals surface area contributed by atoms with Crippen molar-refractivity contribution in [3.8, 4) is 0 Å². The number of esters is 1. The molecule has 4 fully saturated rings. The minimum absolute atomic E-state index is 0.0830. The molecule has 1 unspecified atom stereocenters. The van der Waals surface area contributed by atoms with Gasteiger partial charge >= 0.3 is 5.97 Å². The first-order valence-electron chi connectivity index (χ1n) is 24.3. The SMILES string of the molecule is C=C1C[C@@H]2C[C@@H]3C[C@@H](O)C[C@@H](O3)c3coc(n3)C=CC[C@H]3O[C@@H](C(C)=Cc4coc(C[C@]5(O)CC(OC)C[C@H]([C@H](O)C=C(C)C=C[C@@H](CC=CBr)OC)O5)n4)[C@H](C)[C@@H](OC(=O)C=CC[C@@H](C1)O2)[C@H]3C. The molecule has 8 bridgehead atoms. The van der Waals surface area contributed by atoms with E-state index in [0.29, 0.717) is 75.1 Å². The Morgan fingerprint density at radius 3 is 2.57 bits per heavy atom. The number of carbonyl (C=O) groups is 1. The quantitative estimate of drug-likeness (QED) is 0.104. The van der Waals surface area contributed by atoms with Gasteiger partial charge in [-0.15, -0.1) is 0 Å². The Bertz CT molecular complexity index is 2210. The molecule has 0 aliphatic carbocycles. The van der Waals surface area contributed by atoms with Crippen molar-refractivity contribution < 1.29 is 62.1 Å². The molecule has 378 valence electrons. The first-order chi connectivity index (χ1) is 33.1. The van der Waals surface area contributed by atoms with Crippen molar-refractivity contribution in [2.75, 3.05) is 14.2 Å². The molecule has 2 aromatic rings. The normalized spacial score (nSPS) is 35.2. The van der Waals surface area contributed by atoms with Gasteiger partial charge in [0.2, 0.25) is 5.89 Å². The summed E-state index contributed by atoms with van der Waals surface area (Å²) in [6, 6.07) is 0. The fourth-order valence-corrected chi connectivity index (χ4v) is 10.6. The monoisotopic (exact) mass is 1020 g/mol. The molecule has 0 amide bonds. The Balaban J connectivity index is 1.06. The van der Waals surface area contributed by atoms with E-state index in [1.807, 2.05) is 64.2 Å². The highest BCUT2D eigenvalue weighted by molar-refractivity contribution is 9.11. The van der Waals surface area contributed by atoms with Crippen LogP contribution in [0.15, 0.2) is 92.2 Å². The lowest BCUT2D eigenvalue weighted by Gasteiger charge is -2.44. The maximum Gasteiger partial charge on any atom is 0.330 e. The molecule has 15 atom stereocenters. The predicted octanol–water partition coefficient (Wildman–Crippen LogP) is 8.76. The first-order valence-corrected chi connectivity index (χ1v) is 25.2. The second-order valence-electron chi connectivity index (χ2n) is 19.5. The average Bonchev–Trinajstić information content (AvgIpc) is 3.96. The molecule has 0 radical (unpaired) electrons. The molecule has 5 aliphatic rings. The van der Waals surface area contributed by atoms with Gasteiger partial charge in [-0.2, -0.15) is 0 Å². The second kappa shape index (κ2) is 24.5. The van der Waals surface area contributed by atoms with Crippen LogP contribution in [0.1, 0.15) is 121 Å². The lowest BCUT2D eigenvalue weighted by molar-refractivity contribution is -0.286. The molecule has 3 N–H and O–H groups in total. The zero-order valence-electron chi connectivity index (χ0n) is 40.7. The summed E-state index contributed by atoms with van der Waals surface area (Å²) in [5.74, 6) is -1.95. The largest absolute Gasteiger partial charge is 0.458 e. The number of ether oxygens (including phenoxy) is 7. The number of carbonyl (C=O) groups excluding carboxylic acids is 1. The first kappa shape index (κ1) is 53.0. The number of aliphatic hydroxyl groups excluding tert-OH is 2. The van der Waals surface area contributed by atoms with Crippen LogP contribution in [0.3, 0.4) is 0 Å². The topological polar surface area (TPSA) is 194 Å². The summed E-state index contributed by atoms with van der Waals surface area (Å²) in [6.45, 7) is 12.2. The third-order valence-electron chi connectivity index (χ3n) is 13.9. The zero-order valence-corrected chi connectivity index (χ0v) is 42.3. The minimum Gasteiger partial charge on any atom is -0.458 e. The Hall–Kier alpha value is -3.81. The van der Waals surface area contributed by atoms with Gasteiger partial charge < -0.3 is 57.3 Å². The molecule has 69 heavy (non-hydrogen) atoms. The maximum atomic E-state index is 13.6. The summed E-state index contributed by atoms with van der Waals surface area (Å²) in [5, 5.41) is 33.9. The number of aliphatic hydroxyl groups is 3. The van der Waals surface area contributed by atoms with Crippen molar-refractivity contribution in [1.82, 2.24) is 9.97 Å². The van der Waals surface area contributed by atoms with Crippen molar-refractivity contribution in [3.63, 3.8) is 0 Å². The van der Waals surface area contributed by atoms with E-state index in [-0.39, 0.29) is 67.2 Å². The summed E-state index contributed by atoms with van der Waals surface area (Å²) in [6.07, 6.45) is 19.5. The summed E-state index contributed by atoms with van der Waals surface area (Å²) >= 11 is 3.28. The van der Waals surface area contributed by atoms with Crippen LogP contribution in [-0.4, -0.2) is 118 Å². The van der Waals surface area contributed by atoms with Crippen LogP contribution >= 0.6 is 15.9 Å². The van der Waals surface area contributed by atoms with Gasteiger partial charge in [-0.3, -0.25) is 0 Å². The van der Waals surface area contributed by atoms with E-state index in [1.165, 1.54) is 12.3 Å². The van der Waals surface area contributed by atoms with E-state index in [2.05, 4.69) is 22.5 Å². The van der Waals surface area contributed by atoms with Crippen LogP contribution in [0.4, 0.5) is 0 Å². The highest BCUT2D eigenvalue weighted by atomic mass is 79.9. The number of rotatable bonds is 12. The van der Waals surface area contributed by atoms with Gasteiger partial charge in [0.05, 0.1) is 67.5 Å². The standard InChI is InChI=1S/C53H71BrN2O13/c1-31(16-17-38(61-6)12-10-18-54)21-44(58)47-26-42(62-7)27-53(60,69-47)28-49-55-36(29-63-49)22-33(3)51-35(5)52-34(4)45(67-51)13-9-14-48-56-43(30-64-48)46-24-37(57)23-41(66-46)25-40-20-32(2)19-39(65-40)11-8-15-50(59)68-52/h8-10,14-18,21-22,29-30,34-35,37-42,44-47,51-52,57-58,60H,2,11-13,19-20,23-28H2,1,3-7H3/t34-,35-,37+,38+,39-,40+,41-,42?,44+,45+,46+,47+,51-,52-,53-/m0/s1. The number of allylic oxidation sites excluding steroid dienone is 2. The Kier molecular flexibility index (Phi) is 18.9. The molecule has 5 aliphatic heterocycles. The van der Waals surface area contributed by atoms with Crippen LogP contribution in [0.5, 0.6) is 0 Å². The Morgan fingerprint density at radius 2 is 1.78 bits per heavy atom. The number of oxazole rings is 2. The molecular weight excluding hydrogens is 952 g/mol. The van der Waals surface area contributed by atoms with Crippen molar-refractivity contribution in [2.45, 2.75) is 177 Å². The molecule has 7 rings (SSSR count). The van der Waals surface area contributed by atoms with Crippen LogP contribution in [0, 0.1) is 11.8 Å². The highest BCUT2D eigenvalue weighted by Gasteiger charge is 2.45. The Labute approximate surface area is 414 Å². The number of nitrogens with zero attached hydrogens (tertiary/aromatic N) is 2. The molecular formula is C53H71BrN2O13. The van der Waals surface area contributed by atoms with Crippen LogP contribution in [-0.2, 0) is 44.4 Å². The molecule has 15 nitrogen and oxygen atoms in total. The van der Waals surface area contributed by atoms with Gasteiger partial charge in [-0.05, 0) is 75.1 Å². The lowest BCUT2D eigenvalue weighted by atomic mass is 9.79. The van der Waals surface area contributed by atoms with Crippen molar-refractivity contribution >= 4 is 34.1 Å². The summed E-state index contributed by atoms with van der Waals surface area (Å²) in [4.78, 5) is 24.8. The number of fused-ring (bicyclic) bond motifs is 9.